The molecule has 0 unspecified atom stereocenters. The van der Waals surface area contributed by atoms with E-state index in [0.717, 1.165) is 17.0 Å². The van der Waals surface area contributed by atoms with E-state index in [1.165, 1.54) is 0 Å². The van der Waals surface area contributed by atoms with Gasteiger partial charge in [0.2, 0.25) is 0 Å². The summed E-state index contributed by atoms with van der Waals surface area (Å²) < 4.78 is 12.0. The number of carbonyl (C=O) groups is 1. The summed E-state index contributed by atoms with van der Waals surface area (Å²) in [5.41, 5.74) is 2.76. The van der Waals surface area contributed by atoms with Crippen molar-refractivity contribution in [3.63, 3.8) is 0 Å². The maximum absolute atomic E-state index is 12.7. The van der Waals surface area contributed by atoms with E-state index in [9.17, 15) is 4.79 Å². The predicted octanol–water partition coefficient (Wildman–Crippen LogP) is 3.64. The van der Waals surface area contributed by atoms with Crippen molar-refractivity contribution in [2.75, 3.05) is 11.6 Å². The predicted molar refractivity (Wildman–Crippen MR) is 105 cm³/mol. The number of Topliss-reactive ketones (excluding diaryl/α,β-unsaturated/α-hetero) is 1. The molecule has 0 radical (unpaired) electrons. The molecule has 1 fully saturated rings. The van der Waals surface area contributed by atoms with Crippen LogP contribution in [0.3, 0.4) is 0 Å². The average molecular weight is 364 g/mol. The van der Waals surface area contributed by atoms with Crippen molar-refractivity contribution in [3.8, 4) is 0 Å². The zero-order chi connectivity index (χ0) is 19.0. The molecule has 2 aromatic carbocycles. The van der Waals surface area contributed by atoms with E-state index < -0.39 is 11.8 Å². The largest absolute Gasteiger partial charge is 0.348 e. The Bertz CT molecular complexity index is 848. The molecular formula is C22H24N2O3. The maximum Gasteiger partial charge on any atom is 0.163 e. The third-order valence-corrected chi connectivity index (χ3v) is 5.07. The number of hydrogen-bond acceptors (Lipinski definition) is 5. The quantitative estimate of drug-likeness (QED) is 0.831. The summed E-state index contributed by atoms with van der Waals surface area (Å²) >= 11 is 0. The second kappa shape index (κ2) is 6.91. The van der Waals surface area contributed by atoms with Gasteiger partial charge in [-0.1, -0.05) is 48.5 Å². The first-order valence-electron chi connectivity index (χ1n) is 9.27. The molecule has 140 valence electrons. The molecule has 2 aliphatic rings. The lowest BCUT2D eigenvalue weighted by Gasteiger charge is -2.29. The van der Waals surface area contributed by atoms with Crippen molar-refractivity contribution >= 4 is 17.2 Å². The van der Waals surface area contributed by atoms with Crippen LogP contribution < -0.4 is 5.01 Å². The Morgan fingerprint density at radius 2 is 1.70 bits per heavy atom. The third-order valence-electron chi connectivity index (χ3n) is 5.07. The molecule has 5 heteroatoms. The Balaban J connectivity index is 1.80. The molecule has 27 heavy (non-hydrogen) atoms. The smallest absolute Gasteiger partial charge is 0.163 e. The molecule has 2 aromatic rings. The molecule has 0 N–H and O–H groups in total. The number of ether oxygens (including phenoxy) is 2. The number of anilines is 1. The van der Waals surface area contributed by atoms with Crippen LogP contribution in [0.1, 0.15) is 26.3 Å². The van der Waals surface area contributed by atoms with E-state index in [-0.39, 0.29) is 17.8 Å². The first kappa shape index (κ1) is 17.9. The van der Waals surface area contributed by atoms with E-state index in [2.05, 4.69) is 0 Å². The van der Waals surface area contributed by atoms with Gasteiger partial charge >= 0.3 is 0 Å². The first-order chi connectivity index (χ1) is 13.0. The lowest BCUT2D eigenvalue weighted by Crippen LogP contribution is -2.46. The number of hydrogen-bond donors (Lipinski definition) is 0. The van der Waals surface area contributed by atoms with E-state index >= 15 is 0 Å². The minimum Gasteiger partial charge on any atom is -0.348 e. The van der Waals surface area contributed by atoms with Crippen LogP contribution in [0.4, 0.5) is 5.69 Å². The Hall–Kier alpha value is -2.50. The SMILES string of the molecule is CC(=O)[C@H]1[C@H]([C@H]2COC(C)(C)O2)C(c2ccccc2)=NN1c1ccccc1. The molecule has 4 rings (SSSR count). The van der Waals surface area contributed by atoms with Gasteiger partial charge in [-0.15, -0.1) is 0 Å². The Morgan fingerprint density at radius 3 is 2.26 bits per heavy atom. The average Bonchev–Trinajstić information content (AvgIpc) is 3.23. The molecule has 3 atom stereocenters. The summed E-state index contributed by atoms with van der Waals surface area (Å²) in [6, 6.07) is 19.4. The number of ketones is 1. The summed E-state index contributed by atoms with van der Waals surface area (Å²) in [5, 5.41) is 6.74. The Labute approximate surface area is 159 Å². The molecule has 0 bridgehead atoms. The second-order valence-corrected chi connectivity index (χ2v) is 7.48. The fourth-order valence-electron chi connectivity index (χ4n) is 3.90. The van der Waals surface area contributed by atoms with Crippen molar-refractivity contribution in [3.05, 3.63) is 66.2 Å². The molecule has 2 heterocycles. The van der Waals surface area contributed by atoms with Gasteiger partial charge in [0.25, 0.3) is 0 Å². The van der Waals surface area contributed by atoms with Gasteiger partial charge in [0.1, 0.15) is 6.04 Å². The van der Waals surface area contributed by atoms with Gasteiger partial charge in [0.15, 0.2) is 11.6 Å². The monoisotopic (exact) mass is 364 g/mol. The number of nitrogens with zero attached hydrogens (tertiary/aromatic N) is 2. The summed E-state index contributed by atoms with van der Waals surface area (Å²) in [4.78, 5) is 12.7. The minimum absolute atomic E-state index is 0.0619. The standard InChI is InChI=1S/C22H24N2O3/c1-15(25)21-19(18-14-26-22(2,3)27-18)20(16-10-6-4-7-11-16)23-24(21)17-12-8-5-9-13-17/h4-13,18-19,21H,14H2,1-3H3/t18-,19-,21+/m1/s1. The molecular weight excluding hydrogens is 340 g/mol. The molecule has 2 aliphatic heterocycles. The number of carbonyl (C=O) groups excluding carboxylic acids is 1. The van der Waals surface area contributed by atoms with Crippen molar-refractivity contribution in [1.29, 1.82) is 0 Å². The van der Waals surface area contributed by atoms with Crippen molar-refractivity contribution in [2.45, 2.75) is 38.7 Å². The van der Waals surface area contributed by atoms with Crippen LogP contribution in [-0.2, 0) is 14.3 Å². The van der Waals surface area contributed by atoms with E-state index in [1.54, 1.807) is 6.92 Å². The van der Waals surface area contributed by atoms with Gasteiger partial charge in [-0.2, -0.15) is 5.10 Å². The van der Waals surface area contributed by atoms with Crippen LogP contribution in [0.25, 0.3) is 0 Å². The number of hydrazone groups is 1. The maximum atomic E-state index is 12.7. The molecule has 0 aromatic heterocycles. The van der Waals surface area contributed by atoms with Crippen LogP contribution in [0.2, 0.25) is 0 Å². The Morgan fingerprint density at radius 1 is 1.07 bits per heavy atom. The van der Waals surface area contributed by atoms with Gasteiger partial charge in [-0.25, -0.2) is 0 Å². The normalized spacial score (nSPS) is 26.9. The highest BCUT2D eigenvalue weighted by Crippen LogP contribution is 2.38. The van der Waals surface area contributed by atoms with E-state index in [4.69, 9.17) is 14.6 Å². The highest BCUT2D eigenvalue weighted by atomic mass is 16.7. The minimum atomic E-state index is -0.659. The molecule has 5 nitrogen and oxygen atoms in total. The lowest BCUT2D eigenvalue weighted by atomic mass is 9.85. The van der Waals surface area contributed by atoms with Crippen LogP contribution in [-0.4, -0.2) is 36.0 Å². The van der Waals surface area contributed by atoms with E-state index in [1.807, 2.05) is 79.5 Å². The molecule has 0 spiro atoms. The molecule has 0 aliphatic carbocycles. The van der Waals surface area contributed by atoms with Crippen molar-refractivity contribution < 1.29 is 14.3 Å². The zero-order valence-electron chi connectivity index (χ0n) is 15.8. The summed E-state index contributed by atoms with van der Waals surface area (Å²) in [6.07, 6.45) is -0.235. The number of benzene rings is 2. The van der Waals surface area contributed by atoms with E-state index in [0.29, 0.717) is 6.61 Å². The van der Waals surface area contributed by atoms with Crippen molar-refractivity contribution in [1.82, 2.24) is 0 Å². The topological polar surface area (TPSA) is 51.1 Å². The van der Waals surface area contributed by atoms with Crippen LogP contribution >= 0.6 is 0 Å². The van der Waals surface area contributed by atoms with Gasteiger partial charge in [0.05, 0.1) is 30.0 Å². The van der Waals surface area contributed by atoms with Crippen LogP contribution in [0.15, 0.2) is 65.8 Å². The van der Waals surface area contributed by atoms with Gasteiger partial charge < -0.3 is 9.47 Å². The lowest BCUT2D eigenvalue weighted by molar-refractivity contribution is -0.143. The molecule has 1 saturated heterocycles. The fourth-order valence-corrected chi connectivity index (χ4v) is 3.90. The first-order valence-corrected chi connectivity index (χ1v) is 9.27. The number of rotatable bonds is 4. The molecule has 0 saturated carbocycles. The highest BCUT2D eigenvalue weighted by Gasteiger charge is 2.50. The van der Waals surface area contributed by atoms with Gasteiger partial charge in [-0.3, -0.25) is 9.80 Å². The third kappa shape index (κ3) is 3.40. The summed E-state index contributed by atoms with van der Waals surface area (Å²) in [7, 11) is 0. The van der Waals surface area contributed by atoms with Crippen LogP contribution in [0, 0.1) is 5.92 Å². The molecule has 0 amide bonds. The van der Waals surface area contributed by atoms with Gasteiger partial charge in [0, 0.05) is 0 Å². The van der Waals surface area contributed by atoms with Crippen molar-refractivity contribution in [2.24, 2.45) is 11.0 Å². The van der Waals surface area contributed by atoms with Gasteiger partial charge in [-0.05, 0) is 38.5 Å². The highest BCUT2D eigenvalue weighted by molar-refractivity contribution is 6.09. The summed E-state index contributed by atoms with van der Waals surface area (Å²) in [5.74, 6) is -0.799. The number of para-hydroxylation sites is 1. The fraction of sp³-hybridized carbons (Fsp3) is 0.364. The zero-order valence-corrected chi connectivity index (χ0v) is 15.8. The summed E-state index contributed by atoms with van der Waals surface area (Å²) in [6.45, 7) is 5.87. The van der Waals surface area contributed by atoms with Crippen LogP contribution in [0.5, 0.6) is 0 Å². The second-order valence-electron chi connectivity index (χ2n) is 7.48. The Kier molecular flexibility index (Phi) is 4.58.